The van der Waals surface area contributed by atoms with E-state index < -0.39 is 18.2 Å². The van der Waals surface area contributed by atoms with Crippen molar-refractivity contribution in [2.75, 3.05) is 0 Å². The van der Waals surface area contributed by atoms with Gasteiger partial charge in [0.25, 0.3) is 0 Å². The van der Waals surface area contributed by atoms with Crippen LogP contribution in [0.4, 0.5) is 0 Å². The first kappa shape index (κ1) is 18.6. The van der Waals surface area contributed by atoms with Gasteiger partial charge >= 0.3 is 0 Å². The third-order valence-corrected chi connectivity index (χ3v) is 5.15. The molecule has 3 atom stereocenters. The first-order valence-electron chi connectivity index (χ1n) is 9.34. The maximum atomic E-state index is 12.6. The number of carbonyl (C=O) groups is 1. The molecule has 2 aromatic heterocycles. The SMILES string of the molecule is N[C@@H](Cc1cnc[nH]1)C(=O)NC(CC1CCCCC1)C(O)c1ncc[nH]1. The van der Waals surface area contributed by atoms with Crippen LogP contribution in [0.3, 0.4) is 0 Å². The molecule has 142 valence electrons. The minimum absolute atomic E-state index is 0.272. The summed E-state index contributed by atoms with van der Waals surface area (Å²) in [5, 5.41) is 13.7. The fourth-order valence-electron chi connectivity index (χ4n) is 3.69. The lowest BCUT2D eigenvalue weighted by Gasteiger charge is -2.30. The van der Waals surface area contributed by atoms with Crippen molar-refractivity contribution in [2.45, 2.75) is 63.1 Å². The average molecular weight is 360 g/mol. The van der Waals surface area contributed by atoms with Crippen LogP contribution >= 0.6 is 0 Å². The summed E-state index contributed by atoms with van der Waals surface area (Å²) in [6, 6.07) is -1.11. The van der Waals surface area contributed by atoms with Gasteiger partial charge in [-0.2, -0.15) is 0 Å². The number of aliphatic hydroxyl groups is 1. The molecular weight excluding hydrogens is 332 g/mol. The van der Waals surface area contributed by atoms with E-state index in [1.807, 2.05) is 0 Å². The molecule has 2 unspecified atom stereocenters. The molecule has 2 heterocycles. The highest BCUT2D eigenvalue weighted by atomic mass is 16.3. The van der Waals surface area contributed by atoms with Crippen LogP contribution < -0.4 is 11.1 Å². The zero-order valence-corrected chi connectivity index (χ0v) is 14.9. The van der Waals surface area contributed by atoms with E-state index in [1.165, 1.54) is 19.3 Å². The number of amides is 1. The number of nitrogens with one attached hydrogen (secondary N) is 3. The van der Waals surface area contributed by atoms with Crippen LogP contribution in [0.2, 0.25) is 0 Å². The molecule has 0 radical (unpaired) electrons. The van der Waals surface area contributed by atoms with E-state index in [4.69, 9.17) is 5.73 Å². The molecule has 1 amide bonds. The van der Waals surface area contributed by atoms with Crippen molar-refractivity contribution in [2.24, 2.45) is 11.7 Å². The first-order chi connectivity index (χ1) is 12.6. The molecule has 0 spiro atoms. The maximum absolute atomic E-state index is 12.6. The molecule has 1 aliphatic carbocycles. The molecule has 8 heteroatoms. The molecule has 1 saturated carbocycles. The van der Waals surface area contributed by atoms with Gasteiger partial charge in [-0.15, -0.1) is 0 Å². The summed E-state index contributed by atoms with van der Waals surface area (Å²) in [5.74, 6) is 0.696. The number of aliphatic hydroxyl groups excluding tert-OH is 1. The van der Waals surface area contributed by atoms with Crippen LogP contribution in [0.5, 0.6) is 0 Å². The quantitative estimate of drug-likeness (QED) is 0.482. The Kier molecular flexibility index (Phi) is 6.40. The van der Waals surface area contributed by atoms with Crippen LogP contribution in [0.1, 0.15) is 56.1 Å². The number of nitrogens with two attached hydrogens (primary N) is 1. The van der Waals surface area contributed by atoms with E-state index in [0.717, 1.165) is 25.0 Å². The van der Waals surface area contributed by atoms with Crippen molar-refractivity contribution in [3.05, 3.63) is 36.4 Å². The van der Waals surface area contributed by atoms with Gasteiger partial charge in [-0.25, -0.2) is 9.97 Å². The van der Waals surface area contributed by atoms with E-state index in [-0.39, 0.29) is 5.91 Å². The zero-order valence-electron chi connectivity index (χ0n) is 14.9. The molecule has 2 aromatic rings. The first-order valence-corrected chi connectivity index (χ1v) is 9.34. The highest BCUT2D eigenvalue weighted by molar-refractivity contribution is 5.82. The Morgan fingerprint density at radius 3 is 2.81 bits per heavy atom. The summed E-state index contributed by atoms with van der Waals surface area (Å²) in [6.45, 7) is 0. The molecule has 0 aliphatic heterocycles. The zero-order chi connectivity index (χ0) is 18.4. The summed E-state index contributed by atoms with van der Waals surface area (Å²) >= 11 is 0. The molecule has 1 fully saturated rings. The second-order valence-corrected chi connectivity index (χ2v) is 7.16. The van der Waals surface area contributed by atoms with Crippen molar-refractivity contribution in [3.8, 4) is 0 Å². The second-order valence-electron chi connectivity index (χ2n) is 7.16. The van der Waals surface area contributed by atoms with Crippen molar-refractivity contribution < 1.29 is 9.90 Å². The number of carbonyl (C=O) groups excluding carboxylic acids is 1. The van der Waals surface area contributed by atoms with Gasteiger partial charge in [0.1, 0.15) is 11.9 Å². The Balaban J connectivity index is 1.64. The molecule has 0 aromatic carbocycles. The predicted molar refractivity (Wildman–Crippen MR) is 96.9 cm³/mol. The van der Waals surface area contributed by atoms with Gasteiger partial charge in [0.05, 0.1) is 18.4 Å². The van der Waals surface area contributed by atoms with Crippen molar-refractivity contribution >= 4 is 5.91 Å². The van der Waals surface area contributed by atoms with Gasteiger partial charge in [-0.1, -0.05) is 32.1 Å². The fourth-order valence-corrected chi connectivity index (χ4v) is 3.69. The van der Waals surface area contributed by atoms with Crippen molar-refractivity contribution in [1.29, 1.82) is 0 Å². The van der Waals surface area contributed by atoms with Gasteiger partial charge in [0.15, 0.2) is 0 Å². The molecule has 8 nitrogen and oxygen atoms in total. The van der Waals surface area contributed by atoms with Gasteiger partial charge in [-0.05, 0) is 12.3 Å². The summed E-state index contributed by atoms with van der Waals surface area (Å²) in [4.78, 5) is 26.6. The summed E-state index contributed by atoms with van der Waals surface area (Å²) in [7, 11) is 0. The Morgan fingerprint density at radius 2 is 2.15 bits per heavy atom. The van der Waals surface area contributed by atoms with Gasteiger partial charge in [-0.3, -0.25) is 4.79 Å². The van der Waals surface area contributed by atoms with Gasteiger partial charge in [0.2, 0.25) is 5.91 Å². The van der Waals surface area contributed by atoms with E-state index in [1.54, 1.807) is 24.9 Å². The van der Waals surface area contributed by atoms with E-state index in [9.17, 15) is 9.90 Å². The summed E-state index contributed by atoms with van der Waals surface area (Å²) < 4.78 is 0. The largest absolute Gasteiger partial charge is 0.383 e. The topological polar surface area (TPSA) is 133 Å². The molecular formula is C18H28N6O2. The predicted octanol–water partition coefficient (Wildman–Crippen LogP) is 1.19. The number of hydrogen-bond donors (Lipinski definition) is 5. The standard InChI is InChI=1S/C18H28N6O2/c19-14(9-13-10-20-11-23-13)18(26)24-15(8-12-4-2-1-3-5-12)16(25)17-21-6-7-22-17/h6-7,10-12,14-16,25H,1-5,8-9,19H2,(H,20,23)(H,21,22)(H,24,26)/t14-,15?,16?/m0/s1. The molecule has 0 bridgehead atoms. The smallest absolute Gasteiger partial charge is 0.237 e. The van der Waals surface area contributed by atoms with Crippen molar-refractivity contribution in [1.82, 2.24) is 25.3 Å². The fraction of sp³-hybridized carbons (Fsp3) is 0.611. The van der Waals surface area contributed by atoms with E-state index >= 15 is 0 Å². The minimum atomic E-state index is -0.879. The van der Waals surface area contributed by atoms with Crippen LogP contribution in [0, 0.1) is 5.92 Å². The number of imidazole rings is 2. The second kappa shape index (κ2) is 8.95. The lowest BCUT2D eigenvalue weighted by atomic mass is 9.83. The monoisotopic (exact) mass is 360 g/mol. The molecule has 1 aliphatic rings. The molecule has 26 heavy (non-hydrogen) atoms. The Labute approximate surface area is 153 Å². The van der Waals surface area contributed by atoms with Crippen molar-refractivity contribution in [3.63, 3.8) is 0 Å². The average Bonchev–Trinajstić information content (AvgIpc) is 3.35. The number of hydrogen-bond acceptors (Lipinski definition) is 5. The molecule has 0 saturated heterocycles. The lowest BCUT2D eigenvalue weighted by molar-refractivity contribution is -0.124. The minimum Gasteiger partial charge on any atom is -0.383 e. The number of H-pyrrole nitrogens is 2. The summed E-state index contributed by atoms with van der Waals surface area (Å²) in [6.07, 6.45) is 12.7. The molecule has 6 N–H and O–H groups in total. The Bertz CT molecular complexity index is 651. The van der Waals surface area contributed by atoms with E-state index in [2.05, 4.69) is 25.3 Å². The summed E-state index contributed by atoms with van der Waals surface area (Å²) in [5.41, 5.74) is 6.85. The van der Waals surface area contributed by atoms with E-state index in [0.29, 0.717) is 18.2 Å². The third kappa shape index (κ3) is 4.92. The van der Waals surface area contributed by atoms with Gasteiger partial charge < -0.3 is 26.1 Å². The normalized spacial score (nSPS) is 19.0. The Hall–Kier alpha value is -2.19. The van der Waals surface area contributed by atoms with Crippen LogP contribution in [0.15, 0.2) is 24.9 Å². The lowest BCUT2D eigenvalue weighted by Crippen LogP contribution is -2.49. The Morgan fingerprint density at radius 1 is 1.35 bits per heavy atom. The number of nitrogens with zero attached hydrogens (tertiary/aromatic N) is 2. The maximum Gasteiger partial charge on any atom is 0.237 e. The number of aromatic amines is 2. The number of aromatic nitrogens is 4. The number of rotatable bonds is 8. The third-order valence-electron chi connectivity index (χ3n) is 5.15. The van der Waals surface area contributed by atoms with Crippen LogP contribution in [0.25, 0.3) is 0 Å². The highest BCUT2D eigenvalue weighted by Crippen LogP contribution is 2.30. The van der Waals surface area contributed by atoms with Crippen LogP contribution in [-0.4, -0.2) is 43.0 Å². The van der Waals surface area contributed by atoms with Gasteiger partial charge in [0, 0.05) is 30.7 Å². The molecule has 3 rings (SSSR count). The highest BCUT2D eigenvalue weighted by Gasteiger charge is 2.30. The van der Waals surface area contributed by atoms with Crippen LogP contribution in [-0.2, 0) is 11.2 Å².